The maximum Gasteiger partial charge on any atom is 0.106 e. The molecule has 1 heterocycles. The standard InChI is InChI=1S/C27H31NO3/c1-27(31-19-24-15-9-4-10-16-24)21-28-25(20-29-17-22-11-5-2-6-12-22)26(27)30-18-23-13-7-3-8-14-23/h2-16,25-26,28H,17-21H2,1H3/t25-,26-,27-/m1/s1. The highest BCUT2D eigenvalue weighted by atomic mass is 16.6. The highest BCUT2D eigenvalue weighted by molar-refractivity contribution is 5.16. The average molecular weight is 418 g/mol. The minimum Gasteiger partial charge on any atom is -0.375 e. The molecule has 4 rings (SSSR count). The van der Waals surface area contributed by atoms with Crippen LogP contribution in [0.3, 0.4) is 0 Å². The Morgan fingerprint density at radius 2 is 1.26 bits per heavy atom. The number of nitrogens with one attached hydrogen (secondary N) is 1. The van der Waals surface area contributed by atoms with Gasteiger partial charge in [0, 0.05) is 6.54 Å². The van der Waals surface area contributed by atoms with Gasteiger partial charge >= 0.3 is 0 Å². The summed E-state index contributed by atoms with van der Waals surface area (Å²) in [5.74, 6) is 0. The third-order valence-electron chi connectivity index (χ3n) is 5.78. The summed E-state index contributed by atoms with van der Waals surface area (Å²) in [6, 6.07) is 30.9. The summed E-state index contributed by atoms with van der Waals surface area (Å²) in [5, 5.41) is 3.58. The fourth-order valence-electron chi connectivity index (χ4n) is 4.00. The van der Waals surface area contributed by atoms with Gasteiger partial charge < -0.3 is 19.5 Å². The largest absolute Gasteiger partial charge is 0.375 e. The maximum absolute atomic E-state index is 6.44. The summed E-state index contributed by atoms with van der Waals surface area (Å²) in [5.41, 5.74) is 3.05. The lowest BCUT2D eigenvalue weighted by molar-refractivity contribution is -0.134. The van der Waals surface area contributed by atoms with E-state index in [4.69, 9.17) is 14.2 Å². The van der Waals surface area contributed by atoms with E-state index in [1.54, 1.807) is 0 Å². The highest BCUT2D eigenvalue weighted by Gasteiger charge is 2.47. The molecule has 1 saturated heterocycles. The van der Waals surface area contributed by atoms with Gasteiger partial charge in [0.05, 0.1) is 32.5 Å². The number of ether oxygens (including phenoxy) is 3. The zero-order chi connectivity index (χ0) is 21.4. The molecule has 0 aromatic heterocycles. The van der Waals surface area contributed by atoms with Crippen LogP contribution in [0.2, 0.25) is 0 Å². The molecular weight excluding hydrogens is 386 g/mol. The van der Waals surface area contributed by atoms with Gasteiger partial charge in [0.25, 0.3) is 0 Å². The zero-order valence-corrected chi connectivity index (χ0v) is 18.1. The number of benzene rings is 3. The highest BCUT2D eigenvalue weighted by Crippen LogP contribution is 2.29. The molecule has 1 aliphatic heterocycles. The van der Waals surface area contributed by atoms with Crippen LogP contribution in [0.25, 0.3) is 0 Å². The smallest absolute Gasteiger partial charge is 0.106 e. The first-order chi connectivity index (χ1) is 15.2. The monoisotopic (exact) mass is 417 g/mol. The van der Waals surface area contributed by atoms with Crippen LogP contribution >= 0.6 is 0 Å². The Morgan fingerprint density at radius 3 is 1.84 bits per heavy atom. The Balaban J connectivity index is 1.40. The van der Waals surface area contributed by atoms with Gasteiger partial charge in [-0.2, -0.15) is 0 Å². The minimum absolute atomic E-state index is 0.0631. The molecule has 0 bridgehead atoms. The van der Waals surface area contributed by atoms with Crippen molar-refractivity contribution >= 4 is 0 Å². The molecule has 3 aromatic carbocycles. The van der Waals surface area contributed by atoms with E-state index < -0.39 is 5.60 Å². The molecule has 4 heteroatoms. The molecule has 3 aromatic rings. The molecular formula is C27H31NO3. The Labute approximate surface area is 185 Å². The predicted molar refractivity (Wildman–Crippen MR) is 123 cm³/mol. The van der Waals surface area contributed by atoms with Gasteiger partial charge in [-0.05, 0) is 23.6 Å². The molecule has 162 valence electrons. The third-order valence-corrected chi connectivity index (χ3v) is 5.78. The van der Waals surface area contributed by atoms with Crippen LogP contribution in [-0.2, 0) is 34.0 Å². The first-order valence-corrected chi connectivity index (χ1v) is 10.9. The second kappa shape index (κ2) is 10.7. The van der Waals surface area contributed by atoms with E-state index in [2.05, 4.69) is 48.6 Å². The second-order valence-corrected chi connectivity index (χ2v) is 8.29. The van der Waals surface area contributed by atoms with E-state index in [-0.39, 0.29) is 12.1 Å². The number of rotatable bonds is 10. The quantitative estimate of drug-likeness (QED) is 0.517. The average Bonchev–Trinajstić information content (AvgIpc) is 3.14. The normalized spacial score (nSPS) is 23.1. The van der Waals surface area contributed by atoms with Crippen molar-refractivity contribution in [2.45, 2.75) is 44.5 Å². The molecule has 1 aliphatic rings. The Bertz CT molecular complexity index is 904. The zero-order valence-electron chi connectivity index (χ0n) is 18.1. The lowest BCUT2D eigenvalue weighted by Crippen LogP contribution is -2.46. The van der Waals surface area contributed by atoms with Gasteiger partial charge in [0.2, 0.25) is 0 Å². The van der Waals surface area contributed by atoms with E-state index in [9.17, 15) is 0 Å². The summed E-state index contributed by atoms with van der Waals surface area (Å²) in [7, 11) is 0. The molecule has 1 fully saturated rings. The van der Waals surface area contributed by atoms with Crippen molar-refractivity contribution in [3.05, 3.63) is 108 Å². The molecule has 0 spiro atoms. The van der Waals surface area contributed by atoms with Crippen molar-refractivity contribution in [2.75, 3.05) is 13.2 Å². The van der Waals surface area contributed by atoms with Gasteiger partial charge in [0.15, 0.2) is 0 Å². The first-order valence-electron chi connectivity index (χ1n) is 10.9. The number of hydrogen-bond donors (Lipinski definition) is 1. The lowest BCUT2D eigenvalue weighted by atomic mass is 9.98. The minimum atomic E-state index is -0.439. The van der Waals surface area contributed by atoms with Gasteiger partial charge in [-0.3, -0.25) is 0 Å². The van der Waals surface area contributed by atoms with E-state index in [0.29, 0.717) is 26.4 Å². The molecule has 0 amide bonds. The van der Waals surface area contributed by atoms with Crippen molar-refractivity contribution in [3.8, 4) is 0 Å². The number of hydrogen-bond acceptors (Lipinski definition) is 4. The van der Waals surface area contributed by atoms with Crippen molar-refractivity contribution < 1.29 is 14.2 Å². The molecule has 0 unspecified atom stereocenters. The van der Waals surface area contributed by atoms with Crippen LogP contribution in [0.15, 0.2) is 91.0 Å². The summed E-state index contributed by atoms with van der Waals surface area (Å²) >= 11 is 0. The van der Waals surface area contributed by atoms with E-state index in [1.807, 2.05) is 54.6 Å². The fourth-order valence-corrected chi connectivity index (χ4v) is 4.00. The Hall–Kier alpha value is -2.50. The van der Waals surface area contributed by atoms with E-state index in [0.717, 1.165) is 17.7 Å². The van der Waals surface area contributed by atoms with E-state index in [1.165, 1.54) is 5.56 Å². The topological polar surface area (TPSA) is 39.7 Å². The molecule has 0 radical (unpaired) electrons. The molecule has 0 saturated carbocycles. The van der Waals surface area contributed by atoms with Gasteiger partial charge in [-0.15, -0.1) is 0 Å². The van der Waals surface area contributed by atoms with Crippen LogP contribution < -0.4 is 5.32 Å². The SMILES string of the molecule is C[C@@]1(OCc2ccccc2)CN[C@H](COCc2ccccc2)[C@H]1OCc1ccccc1. The Morgan fingerprint density at radius 1 is 0.742 bits per heavy atom. The maximum atomic E-state index is 6.44. The Kier molecular flexibility index (Phi) is 7.49. The van der Waals surface area contributed by atoms with Crippen molar-refractivity contribution in [3.63, 3.8) is 0 Å². The summed E-state index contributed by atoms with van der Waals surface area (Å²) < 4.78 is 18.9. The van der Waals surface area contributed by atoms with Crippen LogP contribution in [0.5, 0.6) is 0 Å². The summed E-state index contributed by atoms with van der Waals surface area (Å²) in [6.07, 6.45) is -0.118. The van der Waals surface area contributed by atoms with Crippen molar-refractivity contribution in [1.82, 2.24) is 5.32 Å². The fraction of sp³-hybridized carbons (Fsp3) is 0.333. The van der Waals surface area contributed by atoms with Crippen molar-refractivity contribution in [1.29, 1.82) is 0 Å². The van der Waals surface area contributed by atoms with Crippen LogP contribution in [0.4, 0.5) is 0 Å². The molecule has 1 N–H and O–H groups in total. The van der Waals surface area contributed by atoms with Crippen LogP contribution in [0.1, 0.15) is 23.6 Å². The second-order valence-electron chi connectivity index (χ2n) is 8.29. The molecule has 4 nitrogen and oxygen atoms in total. The molecule has 3 atom stereocenters. The first kappa shape index (κ1) is 21.7. The summed E-state index contributed by atoms with van der Waals surface area (Å²) in [6.45, 7) is 5.12. The third kappa shape index (κ3) is 6.02. The van der Waals surface area contributed by atoms with Gasteiger partial charge in [0.1, 0.15) is 11.7 Å². The van der Waals surface area contributed by atoms with E-state index >= 15 is 0 Å². The molecule has 31 heavy (non-hydrogen) atoms. The van der Waals surface area contributed by atoms with Gasteiger partial charge in [-0.1, -0.05) is 91.0 Å². The van der Waals surface area contributed by atoms with Crippen LogP contribution in [0, 0.1) is 0 Å². The van der Waals surface area contributed by atoms with Crippen molar-refractivity contribution in [2.24, 2.45) is 0 Å². The summed E-state index contributed by atoms with van der Waals surface area (Å²) in [4.78, 5) is 0. The van der Waals surface area contributed by atoms with Crippen LogP contribution in [-0.4, -0.2) is 30.9 Å². The predicted octanol–water partition coefficient (Wildman–Crippen LogP) is 4.74. The van der Waals surface area contributed by atoms with Gasteiger partial charge in [-0.25, -0.2) is 0 Å². The molecule has 0 aliphatic carbocycles. The lowest BCUT2D eigenvalue weighted by Gasteiger charge is -2.33.